The fraction of sp³-hybridized carbons (Fsp3) is 0.308. The maximum Gasteiger partial charge on any atom is 0.433 e. The molecule has 2 aromatic rings. The lowest BCUT2D eigenvalue weighted by atomic mass is 9.99. The number of nitro groups is 1. The van der Waals surface area contributed by atoms with Gasteiger partial charge in [-0.15, -0.1) is 0 Å². The lowest BCUT2D eigenvalue weighted by Crippen LogP contribution is -2.54. The van der Waals surface area contributed by atoms with Crippen LogP contribution < -0.4 is 5.32 Å². The number of anilines is 1. The van der Waals surface area contributed by atoms with Crippen LogP contribution in [0.15, 0.2) is 22.6 Å². The Balaban J connectivity index is 1.54. The van der Waals surface area contributed by atoms with Crippen LogP contribution >= 0.6 is 11.5 Å². The van der Waals surface area contributed by atoms with E-state index in [1.54, 1.807) is 6.07 Å². The van der Waals surface area contributed by atoms with Crippen molar-refractivity contribution in [1.82, 2.24) is 9.27 Å². The fourth-order valence-electron chi connectivity index (χ4n) is 2.15. The van der Waals surface area contributed by atoms with Gasteiger partial charge in [-0.25, -0.2) is 0 Å². The summed E-state index contributed by atoms with van der Waals surface area (Å²) in [6.45, 7) is 2.33. The molecule has 3 heterocycles. The minimum atomic E-state index is -0.708. The standard InChI is InChI=1S/C13H12N4O5S/c1-7-4-10(23-15-7)14-12(18)8-5-16(6-8)13(19)9-2-3-11(22-9)17(20)21/h2-4,8H,5-6H2,1H3,(H,14,18). The molecule has 10 heteroatoms. The highest BCUT2D eigenvalue weighted by molar-refractivity contribution is 7.10. The lowest BCUT2D eigenvalue weighted by Gasteiger charge is -2.37. The molecule has 0 radical (unpaired) electrons. The Hall–Kier alpha value is -2.75. The summed E-state index contributed by atoms with van der Waals surface area (Å²) >= 11 is 1.20. The molecular formula is C13H12N4O5S. The van der Waals surface area contributed by atoms with E-state index in [-0.39, 0.29) is 30.7 Å². The summed E-state index contributed by atoms with van der Waals surface area (Å²) in [5.41, 5.74) is 0.829. The second-order valence-electron chi connectivity index (χ2n) is 5.12. The van der Waals surface area contributed by atoms with Gasteiger partial charge in [0, 0.05) is 13.1 Å². The predicted octanol–water partition coefficient (Wildman–Crippen LogP) is 1.66. The first-order valence-electron chi connectivity index (χ1n) is 6.71. The van der Waals surface area contributed by atoms with Crippen LogP contribution in [0.25, 0.3) is 0 Å². The van der Waals surface area contributed by atoms with Crippen molar-refractivity contribution in [2.75, 3.05) is 18.4 Å². The van der Waals surface area contributed by atoms with Crippen molar-refractivity contribution in [2.45, 2.75) is 6.92 Å². The SMILES string of the molecule is Cc1cc(NC(=O)C2CN(C(=O)c3ccc([N+](=O)[O-])o3)C2)sn1. The zero-order valence-electron chi connectivity index (χ0n) is 12.0. The normalized spacial score (nSPS) is 14.4. The van der Waals surface area contributed by atoms with Gasteiger partial charge in [-0.2, -0.15) is 4.37 Å². The van der Waals surface area contributed by atoms with Gasteiger partial charge in [0.25, 0.3) is 5.91 Å². The minimum Gasteiger partial charge on any atom is -0.395 e. The summed E-state index contributed by atoms with van der Waals surface area (Å²) in [6, 6.07) is 4.16. The van der Waals surface area contributed by atoms with Gasteiger partial charge in [0.2, 0.25) is 5.91 Å². The van der Waals surface area contributed by atoms with E-state index >= 15 is 0 Å². The first-order valence-corrected chi connectivity index (χ1v) is 7.49. The molecule has 9 nitrogen and oxygen atoms in total. The summed E-state index contributed by atoms with van der Waals surface area (Å²) in [5.74, 6) is -1.54. The molecule has 0 atom stereocenters. The fourth-order valence-corrected chi connectivity index (χ4v) is 2.82. The van der Waals surface area contributed by atoms with E-state index in [1.165, 1.54) is 22.5 Å². The van der Waals surface area contributed by atoms with E-state index in [2.05, 4.69) is 9.69 Å². The number of hydrogen-bond acceptors (Lipinski definition) is 7. The molecule has 1 aliphatic heterocycles. The number of nitrogens with zero attached hydrogens (tertiary/aromatic N) is 3. The molecule has 23 heavy (non-hydrogen) atoms. The van der Waals surface area contributed by atoms with Crippen molar-refractivity contribution in [2.24, 2.45) is 5.92 Å². The molecule has 120 valence electrons. The maximum atomic E-state index is 12.1. The highest BCUT2D eigenvalue weighted by Gasteiger charge is 2.37. The monoisotopic (exact) mass is 336 g/mol. The minimum absolute atomic E-state index is 0.103. The molecule has 2 aromatic heterocycles. The molecule has 0 aromatic carbocycles. The highest BCUT2D eigenvalue weighted by Crippen LogP contribution is 2.24. The number of aryl methyl sites for hydroxylation is 1. The topological polar surface area (TPSA) is 119 Å². The van der Waals surface area contributed by atoms with Crippen LogP contribution in [0.2, 0.25) is 0 Å². The van der Waals surface area contributed by atoms with E-state index < -0.39 is 16.7 Å². The first kappa shape index (κ1) is 15.2. The van der Waals surface area contributed by atoms with Gasteiger partial charge in [-0.1, -0.05) is 0 Å². The van der Waals surface area contributed by atoms with Crippen molar-refractivity contribution in [3.05, 3.63) is 39.8 Å². The van der Waals surface area contributed by atoms with Crippen LogP contribution in [0.5, 0.6) is 0 Å². The van der Waals surface area contributed by atoms with Gasteiger partial charge in [-0.3, -0.25) is 19.7 Å². The summed E-state index contributed by atoms with van der Waals surface area (Å²) in [5, 5.41) is 14.0. The molecule has 0 saturated carbocycles. The Bertz CT molecular complexity index is 777. The summed E-state index contributed by atoms with van der Waals surface area (Å²) in [4.78, 5) is 35.3. The summed E-state index contributed by atoms with van der Waals surface area (Å²) in [6.07, 6.45) is 0. The van der Waals surface area contributed by atoms with Crippen LogP contribution in [0.3, 0.4) is 0 Å². The average molecular weight is 336 g/mol. The van der Waals surface area contributed by atoms with Crippen LogP contribution in [-0.2, 0) is 4.79 Å². The summed E-state index contributed by atoms with van der Waals surface area (Å²) < 4.78 is 8.93. The van der Waals surface area contributed by atoms with E-state index in [9.17, 15) is 19.7 Å². The molecular weight excluding hydrogens is 324 g/mol. The van der Waals surface area contributed by atoms with Crippen molar-refractivity contribution in [3.63, 3.8) is 0 Å². The molecule has 2 amide bonds. The average Bonchev–Trinajstić information content (AvgIpc) is 3.06. The smallest absolute Gasteiger partial charge is 0.395 e. The maximum absolute atomic E-state index is 12.1. The number of aromatic nitrogens is 1. The Kier molecular flexibility index (Phi) is 3.82. The van der Waals surface area contributed by atoms with Crippen molar-refractivity contribution in [3.8, 4) is 0 Å². The second-order valence-corrected chi connectivity index (χ2v) is 5.93. The van der Waals surface area contributed by atoms with Crippen LogP contribution in [0, 0.1) is 23.0 Å². The Morgan fingerprint density at radius 2 is 2.22 bits per heavy atom. The molecule has 0 bridgehead atoms. The Morgan fingerprint density at radius 1 is 1.48 bits per heavy atom. The number of amides is 2. The lowest BCUT2D eigenvalue weighted by molar-refractivity contribution is -0.402. The third-order valence-electron chi connectivity index (χ3n) is 3.40. The molecule has 3 rings (SSSR count). The number of rotatable bonds is 4. The van der Waals surface area contributed by atoms with Crippen molar-refractivity contribution < 1.29 is 18.9 Å². The van der Waals surface area contributed by atoms with Gasteiger partial charge in [-0.05, 0) is 30.6 Å². The molecule has 1 aliphatic rings. The molecule has 0 aliphatic carbocycles. The molecule has 1 saturated heterocycles. The molecule has 1 N–H and O–H groups in total. The third kappa shape index (κ3) is 3.06. The van der Waals surface area contributed by atoms with Crippen molar-refractivity contribution >= 4 is 34.2 Å². The Labute approximate surface area is 134 Å². The molecule has 0 spiro atoms. The van der Waals surface area contributed by atoms with E-state index in [0.717, 1.165) is 11.8 Å². The van der Waals surface area contributed by atoms with Crippen LogP contribution in [0.1, 0.15) is 16.2 Å². The number of carbonyl (C=O) groups excluding carboxylic acids is 2. The van der Waals surface area contributed by atoms with E-state index in [1.807, 2.05) is 6.92 Å². The van der Waals surface area contributed by atoms with E-state index in [0.29, 0.717) is 5.00 Å². The van der Waals surface area contributed by atoms with Crippen LogP contribution in [0.4, 0.5) is 10.9 Å². The molecule has 1 fully saturated rings. The number of furan rings is 1. The zero-order valence-corrected chi connectivity index (χ0v) is 12.8. The number of likely N-dealkylation sites (tertiary alicyclic amines) is 1. The summed E-state index contributed by atoms with van der Waals surface area (Å²) in [7, 11) is 0. The van der Waals surface area contributed by atoms with Crippen LogP contribution in [-0.4, -0.2) is 39.1 Å². The zero-order chi connectivity index (χ0) is 16.6. The van der Waals surface area contributed by atoms with Gasteiger partial charge in [0.1, 0.15) is 9.92 Å². The number of hydrogen-bond donors (Lipinski definition) is 1. The first-order chi connectivity index (χ1) is 10.9. The van der Waals surface area contributed by atoms with Gasteiger partial charge >= 0.3 is 5.88 Å². The number of carbonyl (C=O) groups is 2. The third-order valence-corrected chi connectivity index (χ3v) is 4.19. The molecule has 0 unspecified atom stereocenters. The van der Waals surface area contributed by atoms with Gasteiger partial charge in [0.15, 0.2) is 5.76 Å². The second kappa shape index (κ2) is 5.80. The van der Waals surface area contributed by atoms with Gasteiger partial charge in [0.05, 0.1) is 17.7 Å². The predicted molar refractivity (Wildman–Crippen MR) is 80.2 cm³/mol. The highest BCUT2D eigenvalue weighted by atomic mass is 32.1. The number of nitrogens with one attached hydrogen (secondary N) is 1. The largest absolute Gasteiger partial charge is 0.433 e. The van der Waals surface area contributed by atoms with Crippen molar-refractivity contribution in [1.29, 1.82) is 0 Å². The quantitative estimate of drug-likeness (QED) is 0.670. The Morgan fingerprint density at radius 3 is 2.78 bits per heavy atom. The van der Waals surface area contributed by atoms with E-state index in [4.69, 9.17) is 4.42 Å². The van der Waals surface area contributed by atoms with Gasteiger partial charge < -0.3 is 14.6 Å².